The van der Waals surface area contributed by atoms with E-state index in [0.29, 0.717) is 6.54 Å². The predicted molar refractivity (Wildman–Crippen MR) is 60.4 cm³/mol. The summed E-state index contributed by atoms with van der Waals surface area (Å²) < 4.78 is 5.06. The summed E-state index contributed by atoms with van der Waals surface area (Å²) in [5, 5.41) is 0. The Morgan fingerprint density at radius 1 is 1.33 bits per heavy atom. The molecule has 0 spiro atoms. The molecule has 15 heavy (non-hydrogen) atoms. The van der Waals surface area contributed by atoms with Crippen LogP contribution in [0.4, 0.5) is 0 Å². The van der Waals surface area contributed by atoms with Crippen LogP contribution in [0.3, 0.4) is 0 Å². The molecule has 1 aromatic rings. The smallest absolute Gasteiger partial charge is 0.0589 e. The summed E-state index contributed by atoms with van der Waals surface area (Å²) in [7, 11) is 1.72. The molecule has 2 N–H and O–H groups in total. The molecule has 1 heterocycles. The Labute approximate surface area is 91.1 Å². The van der Waals surface area contributed by atoms with Crippen molar-refractivity contribution in [3.8, 4) is 0 Å². The lowest BCUT2D eigenvalue weighted by molar-refractivity contribution is 0.146. The highest BCUT2D eigenvalue weighted by Crippen LogP contribution is 2.02. The third-order valence-electron chi connectivity index (χ3n) is 2.21. The van der Waals surface area contributed by atoms with E-state index in [4.69, 9.17) is 10.5 Å². The number of aromatic nitrogens is 1. The van der Waals surface area contributed by atoms with Crippen LogP contribution in [0.25, 0.3) is 0 Å². The van der Waals surface area contributed by atoms with E-state index < -0.39 is 0 Å². The average Bonchev–Trinajstić information content (AvgIpc) is 2.28. The number of nitrogens with zero attached hydrogens (tertiary/aromatic N) is 2. The van der Waals surface area contributed by atoms with E-state index >= 15 is 0 Å². The molecule has 1 rings (SSSR count). The molecule has 84 valence electrons. The van der Waals surface area contributed by atoms with Gasteiger partial charge in [0.2, 0.25) is 0 Å². The van der Waals surface area contributed by atoms with Gasteiger partial charge in [0, 0.05) is 45.7 Å². The van der Waals surface area contributed by atoms with Crippen molar-refractivity contribution in [1.29, 1.82) is 0 Å². The summed E-state index contributed by atoms with van der Waals surface area (Å²) in [5.74, 6) is 0. The molecule has 0 atom stereocenters. The van der Waals surface area contributed by atoms with Crippen LogP contribution in [0.5, 0.6) is 0 Å². The zero-order chi connectivity index (χ0) is 10.9. The molecule has 0 amide bonds. The lowest BCUT2D eigenvalue weighted by atomic mass is 10.2. The SMILES string of the molecule is COCCN(CCN)Cc1ccncc1. The highest BCUT2D eigenvalue weighted by molar-refractivity contribution is 5.09. The fourth-order valence-corrected chi connectivity index (χ4v) is 1.42. The maximum absolute atomic E-state index is 5.56. The Kier molecular flexibility index (Phi) is 5.92. The maximum atomic E-state index is 5.56. The zero-order valence-corrected chi connectivity index (χ0v) is 9.22. The first kappa shape index (κ1) is 12.1. The van der Waals surface area contributed by atoms with E-state index in [-0.39, 0.29) is 0 Å². The molecule has 0 aliphatic rings. The lowest BCUT2D eigenvalue weighted by Gasteiger charge is -2.20. The molecule has 0 saturated carbocycles. The van der Waals surface area contributed by atoms with Crippen molar-refractivity contribution in [2.24, 2.45) is 5.73 Å². The van der Waals surface area contributed by atoms with Crippen molar-refractivity contribution in [3.63, 3.8) is 0 Å². The van der Waals surface area contributed by atoms with Crippen molar-refractivity contribution in [3.05, 3.63) is 30.1 Å². The van der Waals surface area contributed by atoms with Crippen molar-refractivity contribution in [2.75, 3.05) is 33.4 Å². The normalized spacial score (nSPS) is 10.9. The van der Waals surface area contributed by atoms with Gasteiger partial charge in [0.05, 0.1) is 6.61 Å². The molecular formula is C11H19N3O. The monoisotopic (exact) mass is 209 g/mol. The Hall–Kier alpha value is -0.970. The van der Waals surface area contributed by atoms with E-state index in [0.717, 1.165) is 26.2 Å². The fraction of sp³-hybridized carbons (Fsp3) is 0.545. The minimum absolute atomic E-state index is 0.675. The van der Waals surface area contributed by atoms with Gasteiger partial charge in [-0.05, 0) is 17.7 Å². The maximum Gasteiger partial charge on any atom is 0.0589 e. The van der Waals surface area contributed by atoms with Crippen LogP contribution in [0.2, 0.25) is 0 Å². The minimum atomic E-state index is 0.675. The Morgan fingerprint density at radius 3 is 2.67 bits per heavy atom. The van der Waals surface area contributed by atoms with Gasteiger partial charge in [-0.3, -0.25) is 9.88 Å². The summed E-state index contributed by atoms with van der Waals surface area (Å²) in [5.41, 5.74) is 6.82. The second-order valence-corrected chi connectivity index (χ2v) is 3.41. The first-order valence-electron chi connectivity index (χ1n) is 5.17. The number of methoxy groups -OCH3 is 1. The van der Waals surface area contributed by atoms with Gasteiger partial charge < -0.3 is 10.5 Å². The van der Waals surface area contributed by atoms with Crippen LogP contribution in [-0.2, 0) is 11.3 Å². The number of nitrogens with two attached hydrogens (primary N) is 1. The molecule has 1 aromatic heterocycles. The number of hydrogen-bond donors (Lipinski definition) is 1. The Morgan fingerprint density at radius 2 is 2.07 bits per heavy atom. The Balaban J connectivity index is 2.43. The number of pyridine rings is 1. The van der Waals surface area contributed by atoms with Crippen LogP contribution >= 0.6 is 0 Å². The predicted octanol–water partition coefficient (Wildman–Crippen LogP) is 0.489. The molecule has 0 bridgehead atoms. The summed E-state index contributed by atoms with van der Waals surface area (Å²) in [4.78, 5) is 6.27. The molecule has 0 fully saturated rings. The molecule has 0 saturated heterocycles. The summed E-state index contributed by atoms with van der Waals surface area (Å²) in [6, 6.07) is 4.05. The molecule has 0 radical (unpaired) electrons. The van der Waals surface area contributed by atoms with Gasteiger partial charge in [-0.2, -0.15) is 0 Å². The highest BCUT2D eigenvalue weighted by atomic mass is 16.5. The van der Waals surface area contributed by atoms with Gasteiger partial charge in [-0.25, -0.2) is 0 Å². The van der Waals surface area contributed by atoms with E-state index in [1.807, 2.05) is 24.5 Å². The summed E-state index contributed by atoms with van der Waals surface area (Å²) in [6.07, 6.45) is 3.62. The van der Waals surface area contributed by atoms with Gasteiger partial charge >= 0.3 is 0 Å². The molecule has 0 unspecified atom stereocenters. The summed E-state index contributed by atoms with van der Waals surface area (Å²) >= 11 is 0. The average molecular weight is 209 g/mol. The first-order valence-corrected chi connectivity index (χ1v) is 5.17. The van der Waals surface area contributed by atoms with Crippen molar-refractivity contribution >= 4 is 0 Å². The van der Waals surface area contributed by atoms with E-state index in [1.165, 1.54) is 5.56 Å². The van der Waals surface area contributed by atoms with Crippen LogP contribution in [0, 0.1) is 0 Å². The van der Waals surface area contributed by atoms with Crippen LogP contribution in [-0.4, -0.2) is 43.2 Å². The number of rotatable bonds is 7. The van der Waals surface area contributed by atoms with Gasteiger partial charge in [0.25, 0.3) is 0 Å². The number of ether oxygens (including phenoxy) is 1. The van der Waals surface area contributed by atoms with Crippen molar-refractivity contribution in [1.82, 2.24) is 9.88 Å². The highest BCUT2D eigenvalue weighted by Gasteiger charge is 2.04. The molecule has 0 aliphatic heterocycles. The standard InChI is InChI=1S/C11H19N3O/c1-15-9-8-14(7-4-12)10-11-2-5-13-6-3-11/h2-3,5-6H,4,7-10,12H2,1H3. The second kappa shape index (κ2) is 7.34. The van der Waals surface area contributed by atoms with E-state index in [2.05, 4.69) is 9.88 Å². The van der Waals surface area contributed by atoms with Gasteiger partial charge in [0.1, 0.15) is 0 Å². The van der Waals surface area contributed by atoms with Crippen molar-refractivity contribution < 1.29 is 4.74 Å². The zero-order valence-electron chi connectivity index (χ0n) is 9.22. The van der Waals surface area contributed by atoms with E-state index in [9.17, 15) is 0 Å². The number of hydrogen-bond acceptors (Lipinski definition) is 4. The third kappa shape index (κ3) is 4.88. The first-order chi connectivity index (χ1) is 7.36. The van der Waals surface area contributed by atoms with Crippen molar-refractivity contribution in [2.45, 2.75) is 6.54 Å². The van der Waals surface area contributed by atoms with Gasteiger partial charge in [-0.15, -0.1) is 0 Å². The van der Waals surface area contributed by atoms with Gasteiger partial charge in [-0.1, -0.05) is 0 Å². The van der Waals surface area contributed by atoms with Crippen LogP contribution in [0.1, 0.15) is 5.56 Å². The second-order valence-electron chi connectivity index (χ2n) is 3.41. The molecule has 0 aliphatic carbocycles. The topological polar surface area (TPSA) is 51.4 Å². The largest absolute Gasteiger partial charge is 0.383 e. The van der Waals surface area contributed by atoms with Crippen LogP contribution < -0.4 is 5.73 Å². The van der Waals surface area contributed by atoms with Crippen LogP contribution in [0.15, 0.2) is 24.5 Å². The molecule has 4 heteroatoms. The Bertz CT molecular complexity index is 253. The third-order valence-corrected chi connectivity index (χ3v) is 2.21. The lowest BCUT2D eigenvalue weighted by Crippen LogP contribution is -2.31. The van der Waals surface area contributed by atoms with Gasteiger partial charge in [0.15, 0.2) is 0 Å². The molecule has 4 nitrogen and oxygen atoms in total. The summed E-state index contributed by atoms with van der Waals surface area (Å²) in [6.45, 7) is 4.13. The quantitative estimate of drug-likeness (QED) is 0.710. The fourth-order valence-electron chi connectivity index (χ4n) is 1.42. The van der Waals surface area contributed by atoms with E-state index in [1.54, 1.807) is 7.11 Å². The molecule has 0 aromatic carbocycles. The minimum Gasteiger partial charge on any atom is -0.383 e. The molecular weight excluding hydrogens is 190 g/mol.